The molecule has 2 N–H and O–H groups in total. The zero-order valence-electron chi connectivity index (χ0n) is 23.9. The third-order valence-corrected chi connectivity index (χ3v) is 4.72. The molecule has 0 atom stereocenters. The van der Waals surface area contributed by atoms with Crippen molar-refractivity contribution >= 4 is 17.9 Å². The molecule has 0 radical (unpaired) electrons. The van der Waals surface area contributed by atoms with Crippen LogP contribution in [0, 0.1) is 0 Å². The Balaban J connectivity index is 0.00000116. The average molecular weight is 633 g/mol. The quantitative estimate of drug-likeness (QED) is 0.298. The van der Waals surface area contributed by atoms with Gasteiger partial charge in [0.2, 0.25) is 0 Å². The fourth-order valence-corrected chi connectivity index (χ4v) is 3.15. The van der Waals surface area contributed by atoms with Crippen LogP contribution in [0.25, 0.3) is 33.9 Å². The topological polar surface area (TPSA) is 205 Å². The summed E-state index contributed by atoms with van der Waals surface area (Å²) in [7, 11) is 3.15. The van der Waals surface area contributed by atoms with Crippen molar-refractivity contribution in [1.29, 1.82) is 0 Å². The Morgan fingerprint density at radius 1 is 0.581 bits per heavy atom. The van der Waals surface area contributed by atoms with E-state index in [4.69, 9.17) is 39.2 Å². The summed E-state index contributed by atoms with van der Waals surface area (Å²) in [4.78, 5) is 36.0. The molecule has 2 aromatic carbocycles. The van der Waals surface area contributed by atoms with Gasteiger partial charge in [0.15, 0.2) is 0 Å². The van der Waals surface area contributed by atoms with Crippen LogP contribution in [0.3, 0.4) is 0 Å². The summed E-state index contributed by atoms with van der Waals surface area (Å²) in [6, 6.07) is 21.0. The standard InChI is InChI=1S/C24H20N2O4.3C2H4O2.Mn/c1-29-15-9-11-23(27)17(13-15)19-5-3-7-21(25-19)22-8-4-6-20(26-22)18-14-16(30-2)10-12-24(18)28;3*1-2(3)4;/h3-14,27-28H,1-2H3;3*1H3,(H,3,4);/q;;;;+3/p-3. The number of ether oxygens (including phenoxy) is 2. The Morgan fingerprint density at radius 2 is 0.860 bits per heavy atom. The molecule has 4 rings (SSSR count). The minimum Gasteiger partial charge on any atom is -0.550 e. The first-order valence-corrected chi connectivity index (χ1v) is 12.0. The van der Waals surface area contributed by atoms with Crippen LogP contribution in [-0.4, -0.2) is 52.3 Å². The second kappa shape index (κ2) is 19.1. The summed E-state index contributed by atoms with van der Waals surface area (Å²) in [5.41, 5.74) is 3.61. The number of benzene rings is 2. The smallest absolute Gasteiger partial charge is 0.550 e. The monoisotopic (exact) mass is 632 g/mol. The number of nitrogens with zero attached hydrogens (tertiary/aromatic N) is 2. The zero-order chi connectivity index (χ0) is 31.8. The molecule has 12 nitrogen and oxygen atoms in total. The van der Waals surface area contributed by atoms with E-state index in [2.05, 4.69) is 9.97 Å². The minimum atomic E-state index is -1.08. The normalized spacial score (nSPS) is 9.14. The van der Waals surface area contributed by atoms with Gasteiger partial charge in [0.1, 0.15) is 23.0 Å². The van der Waals surface area contributed by atoms with E-state index in [1.807, 2.05) is 36.4 Å². The van der Waals surface area contributed by atoms with Gasteiger partial charge in [-0.2, -0.15) is 0 Å². The van der Waals surface area contributed by atoms with E-state index >= 15 is 0 Å². The fourth-order valence-electron chi connectivity index (χ4n) is 3.15. The van der Waals surface area contributed by atoms with E-state index in [-0.39, 0.29) is 28.6 Å². The van der Waals surface area contributed by atoms with E-state index in [0.717, 1.165) is 20.8 Å². The molecule has 0 fully saturated rings. The van der Waals surface area contributed by atoms with Gasteiger partial charge in [-0.05, 0) is 81.4 Å². The van der Waals surface area contributed by atoms with Crippen LogP contribution >= 0.6 is 0 Å². The number of aliphatic carboxylic acids is 3. The molecule has 13 heteroatoms. The minimum absolute atomic E-state index is 0. The Bertz CT molecular complexity index is 1380. The van der Waals surface area contributed by atoms with Crippen molar-refractivity contribution in [2.45, 2.75) is 20.8 Å². The number of hydrogen-bond donors (Lipinski definition) is 2. The van der Waals surface area contributed by atoms with Gasteiger partial charge < -0.3 is 49.4 Å². The average Bonchev–Trinajstić information content (AvgIpc) is 2.93. The number of phenols is 2. The predicted molar refractivity (Wildman–Crippen MR) is 147 cm³/mol. The molecule has 2 heterocycles. The second-order valence-electron chi connectivity index (χ2n) is 8.06. The van der Waals surface area contributed by atoms with E-state index < -0.39 is 17.9 Å². The van der Waals surface area contributed by atoms with Gasteiger partial charge in [0, 0.05) is 29.0 Å². The van der Waals surface area contributed by atoms with Crippen molar-refractivity contribution in [2.75, 3.05) is 14.2 Å². The Hall–Kier alpha value is -5.13. The van der Waals surface area contributed by atoms with Crippen molar-refractivity contribution in [3.05, 3.63) is 72.8 Å². The van der Waals surface area contributed by atoms with Crippen molar-refractivity contribution in [3.63, 3.8) is 0 Å². The summed E-state index contributed by atoms with van der Waals surface area (Å²) in [5.74, 6) is -1.76. The second-order valence-corrected chi connectivity index (χ2v) is 8.06. The number of carboxylic acid groups (broad SMARTS) is 3. The molecule has 0 unspecified atom stereocenters. The van der Waals surface area contributed by atoms with Crippen LogP contribution in [0.4, 0.5) is 0 Å². The Kier molecular flexibility index (Phi) is 16.8. The first-order chi connectivity index (χ1) is 19.8. The van der Waals surface area contributed by atoms with E-state index in [0.29, 0.717) is 45.4 Å². The zero-order valence-corrected chi connectivity index (χ0v) is 25.0. The SMILES string of the molecule is CC(=O)[O-].CC(=O)[O-].CC(=O)[O-].COc1ccc(O)c(-c2cccc(-c3cccc(-c4cc(OC)ccc4O)n3)n2)c1.[Mn+3]. The molecule has 0 aliphatic heterocycles. The molecule has 4 aromatic rings. The predicted octanol–water partition coefficient (Wildman–Crippen LogP) is 1.17. The van der Waals surface area contributed by atoms with Gasteiger partial charge in [-0.25, -0.2) is 9.97 Å². The van der Waals surface area contributed by atoms with Gasteiger partial charge in [-0.1, -0.05) is 12.1 Å². The van der Waals surface area contributed by atoms with Crippen molar-refractivity contribution in [1.82, 2.24) is 9.97 Å². The number of methoxy groups -OCH3 is 2. The molecule has 0 saturated carbocycles. The molecular formula is C30H29MnN2O10. The third-order valence-electron chi connectivity index (χ3n) is 4.72. The summed E-state index contributed by atoms with van der Waals surface area (Å²) in [6.07, 6.45) is 0. The number of aromatic hydroxyl groups is 2. The molecular weight excluding hydrogens is 603 g/mol. The number of phenolic OH excluding ortho intramolecular Hbond substituents is 2. The maximum Gasteiger partial charge on any atom is 3.00 e. The van der Waals surface area contributed by atoms with E-state index in [1.54, 1.807) is 50.6 Å². The Labute approximate surface area is 258 Å². The summed E-state index contributed by atoms with van der Waals surface area (Å²) in [5, 5.41) is 47.2. The molecule has 0 aliphatic carbocycles. The molecule has 0 spiro atoms. The number of aromatic nitrogens is 2. The number of carbonyl (C=O) groups is 3. The summed E-state index contributed by atoms with van der Waals surface area (Å²) in [6.45, 7) is 2.92. The molecule has 0 amide bonds. The maximum absolute atomic E-state index is 10.3. The van der Waals surface area contributed by atoms with Gasteiger partial charge in [0.05, 0.1) is 37.0 Å². The third kappa shape index (κ3) is 13.9. The van der Waals surface area contributed by atoms with Gasteiger partial charge in [0.25, 0.3) is 0 Å². The van der Waals surface area contributed by atoms with Crippen LogP contribution in [0.15, 0.2) is 72.8 Å². The van der Waals surface area contributed by atoms with Crippen LogP contribution < -0.4 is 24.8 Å². The van der Waals surface area contributed by atoms with Gasteiger partial charge >= 0.3 is 17.1 Å². The molecule has 0 aliphatic rings. The number of hydrogen-bond acceptors (Lipinski definition) is 12. The summed E-state index contributed by atoms with van der Waals surface area (Å²) >= 11 is 0. The van der Waals surface area contributed by atoms with E-state index in [1.165, 1.54) is 0 Å². The Morgan fingerprint density at radius 3 is 1.14 bits per heavy atom. The van der Waals surface area contributed by atoms with Crippen LogP contribution in [0.1, 0.15) is 20.8 Å². The molecule has 0 saturated heterocycles. The van der Waals surface area contributed by atoms with Gasteiger partial charge in [-0.3, -0.25) is 0 Å². The first-order valence-electron chi connectivity index (χ1n) is 12.0. The number of carbonyl (C=O) groups excluding carboxylic acids is 3. The maximum atomic E-state index is 10.3. The first kappa shape index (κ1) is 37.9. The molecule has 226 valence electrons. The largest absolute Gasteiger partial charge is 3.00 e. The number of pyridine rings is 2. The van der Waals surface area contributed by atoms with Crippen LogP contribution in [0.5, 0.6) is 23.0 Å². The van der Waals surface area contributed by atoms with Crippen molar-refractivity contribution in [3.8, 4) is 56.9 Å². The number of carboxylic acids is 3. The van der Waals surface area contributed by atoms with Crippen LogP contribution in [0.2, 0.25) is 0 Å². The number of rotatable bonds is 5. The van der Waals surface area contributed by atoms with Gasteiger partial charge in [-0.15, -0.1) is 0 Å². The fraction of sp³-hybridized carbons (Fsp3) is 0.167. The van der Waals surface area contributed by atoms with E-state index in [9.17, 15) is 10.2 Å². The van der Waals surface area contributed by atoms with Crippen molar-refractivity contribution in [2.24, 2.45) is 0 Å². The summed E-state index contributed by atoms with van der Waals surface area (Å²) < 4.78 is 10.5. The molecule has 43 heavy (non-hydrogen) atoms. The van der Waals surface area contributed by atoms with Crippen LogP contribution in [-0.2, 0) is 31.5 Å². The van der Waals surface area contributed by atoms with Crippen molar-refractivity contribution < 1.29 is 66.5 Å². The molecule has 0 bridgehead atoms. The molecule has 2 aromatic heterocycles.